The first-order valence-corrected chi connectivity index (χ1v) is 10.4. The Balaban J connectivity index is 1.95. The fourth-order valence-electron chi connectivity index (χ4n) is 3.00. The Morgan fingerprint density at radius 2 is 1.81 bits per heavy atom. The maximum absolute atomic E-state index is 13.3. The minimum atomic E-state index is -4.62. The summed E-state index contributed by atoms with van der Waals surface area (Å²) < 4.78 is 45.0. The van der Waals surface area contributed by atoms with Crippen LogP contribution in [0.2, 0.25) is 5.02 Å². The lowest BCUT2D eigenvalue weighted by atomic mass is 10.0. The topological polar surface area (TPSA) is 50.4 Å². The highest BCUT2D eigenvalue weighted by Gasteiger charge is 2.34. The Morgan fingerprint density at radius 1 is 1.13 bits per heavy atom. The third-order valence-corrected chi connectivity index (χ3v) is 5.76. The number of thiophene rings is 1. The molecule has 0 spiro atoms. The Morgan fingerprint density at radius 3 is 2.42 bits per heavy atom. The number of aryl methyl sites for hydroxylation is 1. The first-order chi connectivity index (χ1) is 14.6. The van der Waals surface area contributed by atoms with Crippen LogP contribution in [0, 0.1) is 6.92 Å². The molecule has 0 saturated heterocycles. The SMILES string of the molecule is COC(=O)c1c(NC(=S)Nc2ccc(Cl)cc2C(F)(F)F)sc(C)c1-c1ccccc1. The van der Waals surface area contributed by atoms with Crippen LogP contribution in [0.1, 0.15) is 20.8 Å². The van der Waals surface area contributed by atoms with Gasteiger partial charge in [-0.05, 0) is 42.9 Å². The van der Waals surface area contributed by atoms with Crippen molar-refractivity contribution < 1.29 is 22.7 Å². The van der Waals surface area contributed by atoms with Crippen molar-refractivity contribution in [1.82, 2.24) is 0 Å². The van der Waals surface area contributed by atoms with E-state index < -0.39 is 17.7 Å². The molecule has 0 saturated carbocycles. The first-order valence-electron chi connectivity index (χ1n) is 8.83. The van der Waals surface area contributed by atoms with Gasteiger partial charge in [0.1, 0.15) is 10.6 Å². The van der Waals surface area contributed by atoms with E-state index in [1.54, 1.807) is 0 Å². The zero-order chi connectivity index (χ0) is 22.8. The molecule has 4 nitrogen and oxygen atoms in total. The maximum Gasteiger partial charge on any atom is 0.418 e. The van der Waals surface area contributed by atoms with E-state index in [0.29, 0.717) is 10.6 Å². The van der Waals surface area contributed by atoms with Crippen molar-refractivity contribution in [2.24, 2.45) is 0 Å². The second-order valence-corrected chi connectivity index (χ2v) is 8.43. The van der Waals surface area contributed by atoms with Crippen LogP contribution in [0.15, 0.2) is 48.5 Å². The number of hydrogen-bond donors (Lipinski definition) is 2. The number of hydrogen-bond acceptors (Lipinski definition) is 4. The number of carbonyl (C=O) groups is 1. The normalized spacial score (nSPS) is 11.2. The number of thiocarbonyl (C=S) groups is 1. The highest BCUT2D eigenvalue weighted by Crippen LogP contribution is 2.41. The van der Waals surface area contributed by atoms with E-state index in [4.69, 9.17) is 28.6 Å². The fourth-order valence-corrected chi connectivity index (χ4v) is 4.52. The number of methoxy groups -OCH3 is 1. The largest absolute Gasteiger partial charge is 0.465 e. The number of anilines is 2. The van der Waals surface area contributed by atoms with Gasteiger partial charge in [0, 0.05) is 15.5 Å². The molecule has 10 heteroatoms. The van der Waals surface area contributed by atoms with Crippen LogP contribution in [0.5, 0.6) is 0 Å². The van der Waals surface area contributed by atoms with E-state index in [-0.39, 0.29) is 21.4 Å². The van der Waals surface area contributed by atoms with Crippen LogP contribution in [-0.4, -0.2) is 18.2 Å². The Labute approximate surface area is 191 Å². The number of benzene rings is 2. The van der Waals surface area contributed by atoms with Crippen LogP contribution in [0.25, 0.3) is 11.1 Å². The van der Waals surface area contributed by atoms with Crippen molar-refractivity contribution in [2.75, 3.05) is 17.7 Å². The lowest BCUT2D eigenvalue weighted by Gasteiger charge is -2.16. The van der Waals surface area contributed by atoms with Gasteiger partial charge in [-0.1, -0.05) is 41.9 Å². The minimum absolute atomic E-state index is 0.0499. The molecule has 3 aromatic rings. The van der Waals surface area contributed by atoms with E-state index in [0.717, 1.165) is 16.5 Å². The summed E-state index contributed by atoms with van der Waals surface area (Å²) in [6.45, 7) is 1.84. The van der Waals surface area contributed by atoms with Crippen molar-refractivity contribution >= 4 is 56.9 Å². The summed E-state index contributed by atoms with van der Waals surface area (Å²) in [7, 11) is 1.26. The smallest absolute Gasteiger partial charge is 0.418 e. The fraction of sp³-hybridized carbons (Fsp3) is 0.143. The van der Waals surface area contributed by atoms with E-state index in [1.165, 1.54) is 30.6 Å². The summed E-state index contributed by atoms with van der Waals surface area (Å²) in [5.74, 6) is -0.587. The second kappa shape index (κ2) is 9.25. The average Bonchev–Trinajstić information content (AvgIpc) is 3.04. The van der Waals surface area contributed by atoms with Crippen molar-refractivity contribution in [2.45, 2.75) is 13.1 Å². The summed E-state index contributed by atoms with van der Waals surface area (Å²) in [5, 5.41) is 5.58. The van der Waals surface area contributed by atoms with Gasteiger partial charge >= 0.3 is 12.1 Å². The number of halogens is 4. The molecule has 0 radical (unpaired) electrons. The lowest BCUT2D eigenvalue weighted by molar-refractivity contribution is -0.136. The van der Waals surface area contributed by atoms with Crippen molar-refractivity contribution in [3.8, 4) is 11.1 Å². The molecule has 0 aliphatic heterocycles. The molecular formula is C21H16ClF3N2O2S2. The van der Waals surface area contributed by atoms with Crippen LogP contribution in [0.3, 0.4) is 0 Å². The number of carbonyl (C=O) groups excluding carboxylic acids is 1. The average molecular weight is 485 g/mol. The molecule has 0 amide bonds. The molecule has 3 rings (SSSR count). The molecule has 0 atom stereocenters. The predicted molar refractivity (Wildman–Crippen MR) is 122 cm³/mol. The molecule has 2 N–H and O–H groups in total. The molecule has 1 aromatic heterocycles. The monoisotopic (exact) mass is 484 g/mol. The third-order valence-electron chi connectivity index (χ3n) is 4.30. The van der Waals surface area contributed by atoms with E-state index in [9.17, 15) is 18.0 Å². The highest BCUT2D eigenvalue weighted by atomic mass is 35.5. The van der Waals surface area contributed by atoms with Gasteiger partial charge in [-0.3, -0.25) is 0 Å². The van der Waals surface area contributed by atoms with Gasteiger partial charge in [0.2, 0.25) is 0 Å². The molecule has 1 heterocycles. The Kier molecular flexibility index (Phi) is 6.88. The van der Waals surface area contributed by atoms with Gasteiger partial charge in [-0.2, -0.15) is 13.2 Å². The molecule has 2 aromatic carbocycles. The second-order valence-electron chi connectivity index (χ2n) is 6.36. The van der Waals surface area contributed by atoms with Gasteiger partial charge < -0.3 is 15.4 Å². The molecule has 0 fully saturated rings. The van der Waals surface area contributed by atoms with E-state index in [1.807, 2.05) is 37.3 Å². The van der Waals surface area contributed by atoms with Gasteiger partial charge in [0.25, 0.3) is 0 Å². The molecular weight excluding hydrogens is 469 g/mol. The van der Waals surface area contributed by atoms with Crippen molar-refractivity contribution in [3.05, 3.63) is 69.6 Å². The highest BCUT2D eigenvalue weighted by molar-refractivity contribution is 7.80. The first kappa shape index (κ1) is 23.1. The zero-order valence-corrected chi connectivity index (χ0v) is 18.7. The van der Waals surface area contributed by atoms with Gasteiger partial charge in [-0.25, -0.2) is 4.79 Å². The molecule has 31 heavy (non-hydrogen) atoms. The van der Waals surface area contributed by atoms with E-state index >= 15 is 0 Å². The Hall–Kier alpha value is -2.62. The van der Waals surface area contributed by atoms with E-state index in [2.05, 4.69) is 10.6 Å². The molecule has 0 unspecified atom stereocenters. The van der Waals surface area contributed by atoms with Gasteiger partial charge in [0.05, 0.1) is 18.4 Å². The number of esters is 1. The van der Waals surface area contributed by atoms with Gasteiger partial charge in [-0.15, -0.1) is 11.3 Å². The maximum atomic E-state index is 13.3. The summed E-state index contributed by atoms with van der Waals surface area (Å²) >= 11 is 12.2. The number of rotatable bonds is 4. The quantitative estimate of drug-likeness (QED) is 0.308. The summed E-state index contributed by atoms with van der Waals surface area (Å²) in [6.07, 6.45) is -4.62. The summed E-state index contributed by atoms with van der Waals surface area (Å²) in [4.78, 5) is 13.3. The number of nitrogens with one attached hydrogen (secondary N) is 2. The number of ether oxygens (including phenoxy) is 1. The standard InChI is InChI=1S/C21H16ClF3N2O2S2/c1-11-16(12-6-4-3-5-7-12)17(19(28)29-2)18(31-11)27-20(30)26-15-9-8-13(22)10-14(15)21(23,24)25/h3-10H,1-2H3,(H2,26,27,30). The van der Waals surface area contributed by atoms with Crippen molar-refractivity contribution in [3.63, 3.8) is 0 Å². The van der Waals surface area contributed by atoms with Crippen LogP contribution in [0.4, 0.5) is 23.9 Å². The molecule has 162 valence electrons. The van der Waals surface area contributed by atoms with Crippen LogP contribution in [-0.2, 0) is 10.9 Å². The third kappa shape index (κ3) is 5.17. The molecule has 0 aliphatic rings. The van der Waals surface area contributed by atoms with Crippen molar-refractivity contribution in [1.29, 1.82) is 0 Å². The zero-order valence-electron chi connectivity index (χ0n) is 16.3. The van der Waals surface area contributed by atoms with Crippen LogP contribution >= 0.6 is 35.2 Å². The van der Waals surface area contributed by atoms with Gasteiger partial charge in [0.15, 0.2) is 5.11 Å². The van der Waals surface area contributed by atoms with Crippen LogP contribution < -0.4 is 10.6 Å². The lowest BCUT2D eigenvalue weighted by Crippen LogP contribution is -2.22. The summed E-state index contributed by atoms with van der Waals surface area (Å²) in [5.41, 5.74) is 0.522. The minimum Gasteiger partial charge on any atom is -0.465 e. The predicted octanol–water partition coefficient (Wildman–Crippen LogP) is 6.99. The molecule has 0 bridgehead atoms. The summed E-state index contributed by atoms with van der Waals surface area (Å²) in [6, 6.07) is 12.6. The molecule has 0 aliphatic carbocycles. The Bertz CT molecular complexity index is 1130. The number of alkyl halides is 3.